The second-order valence-electron chi connectivity index (χ2n) is 5.33. The fourth-order valence-corrected chi connectivity index (χ4v) is 2.79. The lowest BCUT2D eigenvalue weighted by Gasteiger charge is -2.21. The molecular weight excluding hydrogens is 266 g/mol. The minimum Gasteiger partial charge on any atom is -0.467 e. The van der Waals surface area contributed by atoms with Crippen molar-refractivity contribution >= 4 is 17.3 Å². The molecule has 3 N–H and O–H groups in total. The molecule has 1 aromatic carbocycles. The van der Waals surface area contributed by atoms with Crippen molar-refractivity contribution in [1.29, 1.82) is 0 Å². The van der Waals surface area contributed by atoms with Gasteiger partial charge in [0.05, 0.1) is 30.2 Å². The van der Waals surface area contributed by atoms with Crippen molar-refractivity contribution in [2.45, 2.75) is 19.4 Å². The second-order valence-corrected chi connectivity index (χ2v) is 5.33. The van der Waals surface area contributed by atoms with Gasteiger partial charge in [-0.05, 0) is 37.1 Å². The van der Waals surface area contributed by atoms with Gasteiger partial charge in [-0.15, -0.1) is 0 Å². The summed E-state index contributed by atoms with van der Waals surface area (Å²) in [7, 11) is 0. The molecule has 0 bridgehead atoms. The van der Waals surface area contributed by atoms with Gasteiger partial charge in [0.25, 0.3) is 0 Å². The Balaban J connectivity index is 1.65. The number of hydrogen-bond donors (Lipinski definition) is 2. The average molecular weight is 285 g/mol. The van der Waals surface area contributed by atoms with Crippen molar-refractivity contribution < 1.29 is 9.21 Å². The summed E-state index contributed by atoms with van der Waals surface area (Å²) >= 11 is 0. The Labute approximate surface area is 123 Å². The van der Waals surface area contributed by atoms with E-state index in [9.17, 15) is 4.79 Å². The number of nitrogens with zero attached hydrogens (tertiary/aromatic N) is 1. The molecule has 0 radical (unpaired) electrons. The lowest BCUT2D eigenvalue weighted by atomic mass is 10.1. The minimum atomic E-state index is -0.136. The highest BCUT2D eigenvalue weighted by Gasteiger charge is 2.23. The molecule has 1 aromatic heterocycles. The number of anilines is 2. The number of nitrogens with one attached hydrogen (secondary N) is 1. The van der Waals surface area contributed by atoms with E-state index in [2.05, 4.69) is 11.4 Å². The Kier molecular flexibility index (Phi) is 3.56. The number of amides is 1. The Morgan fingerprint density at radius 2 is 2.29 bits per heavy atom. The molecule has 2 heterocycles. The molecule has 3 rings (SSSR count). The first-order chi connectivity index (χ1) is 10.1. The lowest BCUT2D eigenvalue weighted by molar-refractivity contribution is -0.120. The molecule has 0 saturated carbocycles. The van der Waals surface area contributed by atoms with E-state index in [-0.39, 0.29) is 11.9 Å². The van der Waals surface area contributed by atoms with Gasteiger partial charge in [0.15, 0.2) is 0 Å². The van der Waals surface area contributed by atoms with E-state index in [0.29, 0.717) is 6.54 Å². The molecule has 110 valence electrons. The Hall–Kier alpha value is -2.43. The molecule has 0 fully saturated rings. The van der Waals surface area contributed by atoms with Crippen molar-refractivity contribution in [1.82, 2.24) is 5.32 Å². The number of para-hydroxylation sites is 1. The smallest absolute Gasteiger partial charge is 0.240 e. The third kappa shape index (κ3) is 2.72. The minimum absolute atomic E-state index is 0.0324. The van der Waals surface area contributed by atoms with E-state index in [1.165, 1.54) is 5.56 Å². The molecule has 1 unspecified atom stereocenters. The fourth-order valence-electron chi connectivity index (χ4n) is 2.79. The monoisotopic (exact) mass is 285 g/mol. The zero-order valence-corrected chi connectivity index (χ0v) is 12.0. The standard InChI is InChI=1S/C16H19N3O2/c1-11(14-6-3-9-21-14)18-15(20)10-19-8-7-12-4-2-5-13(17)16(12)19/h2-6,9,11H,7-8,10,17H2,1H3,(H,18,20). The number of carbonyl (C=O) groups excluding carboxylic acids is 1. The molecule has 0 saturated heterocycles. The van der Waals surface area contributed by atoms with Crippen LogP contribution < -0.4 is 16.0 Å². The predicted molar refractivity (Wildman–Crippen MR) is 82.0 cm³/mol. The second kappa shape index (κ2) is 5.52. The quantitative estimate of drug-likeness (QED) is 0.844. The van der Waals surface area contributed by atoms with Crippen LogP contribution in [0.5, 0.6) is 0 Å². The number of nitrogens with two attached hydrogens (primary N) is 1. The molecule has 1 atom stereocenters. The molecule has 0 aliphatic carbocycles. The van der Waals surface area contributed by atoms with E-state index in [1.807, 2.05) is 36.1 Å². The molecule has 5 nitrogen and oxygen atoms in total. The third-order valence-electron chi connectivity index (χ3n) is 3.80. The average Bonchev–Trinajstić information content (AvgIpc) is 3.09. The van der Waals surface area contributed by atoms with Crippen molar-refractivity contribution in [3.05, 3.63) is 47.9 Å². The summed E-state index contributed by atoms with van der Waals surface area (Å²) in [4.78, 5) is 14.2. The van der Waals surface area contributed by atoms with E-state index in [1.54, 1.807) is 6.26 Å². The number of fused-ring (bicyclic) bond motifs is 1. The number of rotatable bonds is 4. The maximum atomic E-state index is 12.2. The number of carbonyl (C=O) groups is 1. The molecule has 21 heavy (non-hydrogen) atoms. The summed E-state index contributed by atoms with van der Waals surface area (Å²) in [6.07, 6.45) is 2.54. The van der Waals surface area contributed by atoms with Crippen molar-refractivity contribution in [2.75, 3.05) is 23.7 Å². The van der Waals surface area contributed by atoms with Crippen LogP contribution in [-0.4, -0.2) is 19.0 Å². The zero-order valence-electron chi connectivity index (χ0n) is 12.0. The summed E-state index contributed by atoms with van der Waals surface area (Å²) in [5.74, 6) is 0.722. The summed E-state index contributed by atoms with van der Waals surface area (Å²) in [6, 6.07) is 9.43. The highest BCUT2D eigenvalue weighted by Crippen LogP contribution is 2.33. The van der Waals surface area contributed by atoms with Gasteiger partial charge in [0, 0.05) is 6.54 Å². The van der Waals surface area contributed by atoms with Crippen LogP contribution in [0.15, 0.2) is 41.0 Å². The predicted octanol–water partition coefficient (Wildman–Crippen LogP) is 2.10. The van der Waals surface area contributed by atoms with Gasteiger partial charge in [-0.2, -0.15) is 0 Å². The molecular formula is C16H19N3O2. The fraction of sp³-hybridized carbons (Fsp3) is 0.312. The Bertz CT molecular complexity index is 637. The normalized spacial score (nSPS) is 14.8. The van der Waals surface area contributed by atoms with E-state index in [4.69, 9.17) is 10.2 Å². The molecule has 1 aliphatic heterocycles. The SMILES string of the molecule is CC(NC(=O)CN1CCc2cccc(N)c21)c1ccco1. The summed E-state index contributed by atoms with van der Waals surface area (Å²) < 4.78 is 5.29. The lowest BCUT2D eigenvalue weighted by Crippen LogP contribution is -2.37. The van der Waals surface area contributed by atoms with Crippen LogP contribution >= 0.6 is 0 Å². The van der Waals surface area contributed by atoms with Crippen LogP contribution in [0.25, 0.3) is 0 Å². The van der Waals surface area contributed by atoms with Gasteiger partial charge in [-0.25, -0.2) is 0 Å². The highest BCUT2D eigenvalue weighted by atomic mass is 16.3. The maximum absolute atomic E-state index is 12.2. The van der Waals surface area contributed by atoms with Crippen LogP contribution in [0.3, 0.4) is 0 Å². The van der Waals surface area contributed by atoms with Crippen LogP contribution in [0.4, 0.5) is 11.4 Å². The first-order valence-corrected chi connectivity index (χ1v) is 7.10. The zero-order chi connectivity index (χ0) is 14.8. The number of nitrogen functional groups attached to an aromatic ring is 1. The first kappa shape index (κ1) is 13.5. The molecule has 1 aliphatic rings. The number of hydrogen-bond acceptors (Lipinski definition) is 4. The van der Waals surface area contributed by atoms with Gasteiger partial charge in [-0.1, -0.05) is 12.1 Å². The largest absolute Gasteiger partial charge is 0.467 e. The third-order valence-corrected chi connectivity index (χ3v) is 3.80. The van der Waals surface area contributed by atoms with Crippen molar-refractivity contribution in [3.8, 4) is 0 Å². The summed E-state index contributed by atoms with van der Waals surface area (Å²) in [5.41, 5.74) is 8.97. The first-order valence-electron chi connectivity index (χ1n) is 7.10. The summed E-state index contributed by atoms with van der Waals surface area (Å²) in [6.45, 7) is 3.04. The Morgan fingerprint density at radius 1 is 1.43 bits per heavy atom. The van der Waals surface area contributed by atoms with Gasteiger partial charge in [0.1, 0.15) is 5.76 Å². The van der Waals surface area contributed by atoms with Gasteiger partial charge < -0.3 is 20.4 Å². The number of benzene rings is 1. The van der Waals surface area contributed by atoms with Crippen molar-refractivity contribution in [3.63, 3.8) is 0 Å². The Morgan fingerprint density at radius 3 is 3.05 bits per heavy atom. The summed E-state index contributed by atoms with van der Waals surface area (Å²) in [5, 5.41) is 2.94. The van der Waals surface area contributed by atoms with E-state index < -0.39 is 0 Å². The topological polar surface area (TPSA) is 71.5 Å². The van der Waals surface area contributed by atoms with Gasteiger partial charge in [0.2, 0.25) is 5.91 Å². The molecule has 1 amide bonds. The maximum Gasteiger partial charge on any atom is 0.240 e. The number of furan rings is 1. The molecule has 0 spiro atoms. The van der Waals surface area contributed by atoms with Crippen LogP contribution in [-0.2, 0) is 11.2 Å². The molecule has 2 aromatic rings. The van der Waals surface area contributed by atoms with E-state index >= 15 is 0 Å². The van der Waals surface area contributed by atoms with Crippen LogP contribution in [0.2, 0.25) is 0 Å². The van der Waals surface area contributed by atoms with Gasteiger partial charge >= 0.3 is 0 Å². The van der Waals surface area contributed by atoms with Gasteiger partial charge in [-0.3, -0.25) is 4.79 Å². The van der Waals surface area contributed by atoms with E-state index in [0.717, 1.165) is 30.1 Å². The van der Waals surface area contributed by atoms with Crippen LogP contribution in [0.1, 0.15) is 24.3 Å². The molecule has 5 heteroatoms. The van der Waals surface area contributed by atoms with Crippen LogP contribution in [0, 0.1) is 0 Å². The highest BCUT2D eigenvalue weighted by molar-refractivity contribution is 5.85. The van der Waals surface area contributed by atoms with Crippen molar-refractivity contribution in [2.24, 2.45) is 0 Å².